The molecule has 7 heteroatoms. The zero-order valence-electron chi connectivity index (χ0n) is 22.8. The Bertz CT molecular complexity index is 1480. The Hall–Kier alpha value is -4.65. The van der Waals surface area contributed by atoms with E-state index in [0.717, 1.165) is 24.0 Å². The standard InChI is InChI=1S/C33H32N2O5/c1-3-4-22-40-27-16-12-24(13-17-27)31(36)34(25-14-18-26(39-2)19-15-25)20-7-21-35-32(37)28-10-5-8-23-9-6-11-29(30(23)28)33(35)38/h5-6,8-19H,3-4,7,20-22H2,1-2H3. The van der Waals surface area contributed by atoms with E-state index in [1.54, 1.807) is 60.5 Å². The summed E-state index contributed by atoms with van der Waals surface area (Å²) in [7, 11) is 1.59. The van der Waals surface area contributed by atoms with Crippen molar-refractivity contribution in [2.24, 2.45) is 0 Å². The van der Waals surface area contributed by atoms with Crippen LogP contribution in [0, 0.1) is 0 Å². The second kappa shape index (κ2) is 12.0. The van der Waals surface area contributed by atoms with Gasteiger partial charge < -0.3 is 14.4 Å². The van der Waals surface area contributed by atoms with Gasteiger partial charge >= 0.3 is 0 Å². The second-order valence-corrected chi connectivity index (χ2v) is 9.71. The third kappa shape index (κ3) is 5.41. The fourth-order valence-electron chi connectivity index (χ4n) is 4.96. The zero-order valence-corrected chi connectivity index (χ0v) is 22.8. The number of carbonyl (C=O) groups is 3. The third-order valence-corrected chi connectivity index (χ3v) is 7.12. The number of amides is 3. The lowest BCUT2D eigenvalue weighted by molar-refractivity contribution is 0.0610. The minimum Gasteiger partial charge on any atom is -0.497 e. The fourth-order valence-corrected chi connectivity index (χ4v) is 4.96. The van der Waals surface area contributed by atoms with Crippen LogP contribution in [0.25, 0.3) is 10.8 Å². The van der Waals surface area contributed by atoms with E-state index in [0.29, 0.717) is 53.1 Å². The third-order valence-electron chi connectivity index (χ3n) is 7.12. The molecule has 0 aliphatic carbocycles. The van der Waals surface area contributed by atoms with E-state index in [2.05, 4.69) is 6.92 Å². The first kappa shape index (κ1) is 26.9. The summed E-state index contributed by atoms with van der Waals surface area (Å²) in [5.41, 5.74) is 2.26. The zero-order chi connectivity index (χ0) is 28.1. The van der Waals surface area contributed by atoms with Crippen LogP contribution in [0.5, 0.6) is 11.5 Å². The van der Waals surface area contributed by atoms with Crippen LogP contribution in [0.15, 0.2) is 84.9 Å². The first-order chi connectivity index (χ1) is 19.5. The van der Waals surface area contributed by atoms with Gasteiger partial charge in [0.05, 0.1) is 13.7 Å². The normalized spacial score (nSPS) is 12.5. The molecular weight excluding hydrogens is 504 g/mol. The molecule has 204 valence electrons. The smallest absolute Gasteiger partial charge is 0.261 e. The van der Waals surface area contributed by atoms with Gasteiger partial charge in [-0.25, -0.2) is 0 Å². The minimum absolute atomic E-state index is 0.184. The number of nitrogens with zero attached hydrogens (tertiary/aromatic N) is 2. The number of rotatable bonds is 11. The summed E-state index contributed by atoms with van der Waals surface area (Å²) in [4.78, 5) is 43.3. The van der Waals surface area contributed by atoms with Gasteiger partial charge in [-0.15, -0.1) is 0 Å². The number of benzene rings is 4. The summed E-state index contributed by atoms with van der Waals surface area (Å²) in [6.07, 6.45) is 2.42. The molecule has 3 amide bonds. The number of hydrogen-bond donors (Lipinski definition) is 0. The van der Waals surface area contributed by atoms with Crippen LogP contribution in [-0.4, -0.2) is 49.4 Å². The van der Waals surface area contributed by atoms with Crippen molar-refractivity contribution in [3.05, 3.63) is 102 Å². The molecule has 4 aromatic rings. The summed E-state index contributed by atoms with van der Waals surface area (Å²) in [5.74, 6) is 0.600. The van der Waals surface area contributed by atoms with Crippen LogP contribution >= 0.6 is 0 Å². The molecule has 0 aromatic heterocycles. The van der Waals surface area contributed by atoms with Crippen LogP contribution in [0.2, 0.25) is 0 Å². The molecule has 1 heterocycles. The highest BCUT2D eigenvalue weighted by Crippen LogP contribution is 2.30. The van der Waals surface area contributed by atoms with Crippen molar-refractivity contribution < 1.29 is 23.9 Å². The number of anilines is 1. The Balaban J connectivity index is 1.34. The van der Waals surface area contributed by atoms with Crippen LogP contribution in [0.4, 0.5) is 5.69 Å². The molecule has 0 atom stereocenters. The van der Waals surface area contributed by atoms with E-state index in [1.807, 2.05) is 36.4 Å². The van der Waals surface area contributed by atoms with E-state index in [4.69, 9.17) is 9.47 Å². The van der Waals surface area contributed by atoms with Gasteiger partial charge in [-0.1, -0.05) is 37.6 Å². The Morgan fingerprint density at radius 2 is 1.43 bits per heavy atom. The molecule has 0 fully saturated rings. The molecular formula is C33H32N2O5. The SMILES string of the molecule is CCCCOc1ccc(C(=O)N(CCCN2C(=O)c3cccc4cccc(c34)C2=O)c2ccc(OC)cc2)cc1. The van der Waals surface area contributed by atoms with E-state index in [1.165, 1.54) is 4.90 Å². The molecule has 0 saturated carbocycles. The number of carbonyl (C=O) groups excluding carboxylic acids is 3. The van der Waals surface area contributed by atoms with Gasteiger partial charge in [0.25, 0.3) is 17.7 Å². The van der Waals surface area contributed by atoms with Crippen LogP contribution in [0.1, 0.15) is 57.3 Å². The average Bonchev–Trinajstić information content (AvgIpc) is 3.00. The van der Waals surface area contributed by atoms with Crippen molar-refractivity contribution in [3.8, 4) is 11.5 Å². The summed E-state index contributed by atoms with van der Waals surface area (Å²) in [5, 5.41) is 1.57. The van der Waals surface area contributed by atoms with Gasteiger partial charge in [0.2, 0.25) is 0 Å². The molecule has 0 saturated heterocycles. The molecule has 0 radical (unpaired) electrons. The maximum Gasteiger partial charge on any atom is 0.261 e. The number of methoxy groups -OCH3 is 1. The first-order valence-corrected chi connectivity index (χ1v) is 13.6. The lowest BCUT2D eigenvalue weighted by Crippen LogP contribution is -2.42. The molecule has 40 heavy (non-hydrogen) atoms. The van der Waals surface area contributed by atoms with Crippen LogP contribution < -0.4 is 14.4 Å². The van der Waals surface area contributed by atoms with Crippen molar-refractivity contribution in [2.75, 3.05) is 31.7 Å². The maximum absolute atomic E-state index is 13.7. The largest absolute Gasteiger partial charge is 0.497 e. The average molecular weight is 537 g/mol. The molecule has 0 N–H and O–H groups in total. The van der Waals surface area contributed by atoms with E-state index >= 15 is 0 Å². The molecule has 1 aliphatic heterocycles. The lowest BCUT2D eigenvalue weighted by Gasteiger charge is -2.29. The van der Waals surface area contributed by atoms with Gasteiger partial charge in [-0.05, 0) is 78.9 Å². The second-order valence-electron chi connectivity index (χ2n) is 9.71. The molecule has 4 aromatic carbocycles. The monoisotopic (exact) mass is 536 g/mol. The summed E-state index contributed by atoms with van der Waals surface area (Å²) in [6, 6.07) is 25.4. The minimum atomic E-state index is -0.310. The van der Waals surface area contributed by atoms with Gasteiger partial charge in [0, 0.05) is 40.9 Å². The molecule has 0 unspecified atom stereocenters. The Morgan fingerprint density at radius 1 is 0.800 bits per heavy atom. The predicted molar refractivity (Wildman–Crippen MR) is 155 cm³/mol. The van der Waals surface area contributed by atoms with Crippen molar-refractivity contribution in [1.29, 1.82) is 0 Å². The lowest BCUT2D eigenvalue weighted by atomic mass is 9.94. The number of hydrogen-bond acceptors (Lipinski definition) is 5. The highest BCUT2D eigenvalue weighted by Gasteiger charge is 2.32. The molecule has 5 rings (SSSR count). The molecule has 7 nitrogen and oxygen atoms in total. The van der Waals surface area contributed by atoms with Crippen molar-refractivity contribution in [1.82, 2.24) is 4.90 Å². The quantitative estimate of drug-likeness (QED) is 0.165. The van der Waals surface area contributed by atoms with Gasteiger partial charge in [0.1, 0.15) is 11.5 Å². The fraction of sp³-hybridized carbons (Fsp3) is 0.242. The summed E-state index contributed by atoms with van der Waals surface area (Å²) < 4.78 is 11.0. The Labute approximate surface area is 233 Å². The highest BCUT2D eigenvalue weighted by atomic mass is 16.5. The predicted octanol–water partition coefficient (Wildman–Crippen LogP) is 6.36. The van der Waals surface area contributed by atoms with Crippen LogP contribution in [0.3, 0.4) is 0 Å². The number of imide groups is 1. The van der Waals surface area contributed by atoms with Crippen molar-refractivity contribution in [2.45, 2.75) is 26.2 Å². The molecule has 0 spiro atoms. The maximum atomic E-state index is 13.7. The van der Waals surface area contributed by atoms with Crippen molar-refractivity contribution >= 4 is 34.2 Å². The van der Waals surface area contributed by atoms with Gasteiger partial charge in [-0.2, -0.15) is 0 Å². The Kier molecular flexibility index (Phi) is 8.10. The molecule has 1 aliphatic rings. The number of ether oxygens (including phenoxy) is 2. The van der Waals surface area contributed by atoms with E-state index in [9.17, 15) is 14.4 Å². The van der Waals surface area contributed by atoms with Crippen LogP contribution in [-0.2, 0) is 0 Å². The first-order valence-electron chi connectivity index (χ1n) is 13.6. The topological polar surface area (TPSA) is 76.2 Å². The number of unbranched alkanes of at least 4 members (excludes halogenated alkanes) is 1. The van der Waals surface area contributed by atoms with Crippen molar-refractivity contribution in [3.63, 3.8) is 0 Å². The van der Waals surface area contributed by atoms with Gasteiger partial charge in [0.15, 0.2) is 0 Å². The molecule has 0 bridgehead atoms. The summed E-state index contributed by atoms with van der Waals surface area (Å²) in [6.45, 7) is 3.24. The summed E-state index contributed by atoms with van der Waals surface area (Å²) >= 11 is 0. The van der Waals surface area contributed by atoms with E-state index in [-0.39, 0.29) is 24.3 Å². The Morgan fingerprint density at radius 3 is 2.02 bits per heavy atom. The van der Waals surface area contributed by atoms with Gasteiger partial charge in [-0.3, -0.25) is 19.3 Å². The highest BCUT2D eigenvalue weighted by molar-refractivity contribution is 6.25. The van der Waals surface area contributed by atoms with E-state index < -0.39 is 0 Å².